The Morgan fingerprint density at radius 3 is 2.96 bits per heavy atom. The number of fused-ring (bicyclic) bond motifs is 1. The third kappa shape index (κ3) is 3.33. The van der Waals surface area contributed by atoms with Crippen LogP contribution in [0.5, 0.6) is 0 Å². The molecule has 25 heavy (non-hydrogen) atoms. The molecule has 4 rings (SSSR count). The van der Waals surface area contributed by atoms with Crippen LogP contribution < -0.4 is 15.1 Å². The molecule has 1 aliphatic heterocycles. The lowest BCUT2D eigenvalue weighted by Gasteiger charge is -2.30. The maximum atomic E-state index is 12.3. The van der Waals surface area contributed by atoms with E-state index in [0.29, 0.717) is 25.0 Å². The van der Waals surface area contributed by atoms with Gasteiger partial charge in [0.05, 0.1) is 6.20 Å². The standard InChI is InChI=1S/C18H23N5OS/c1-22-15-11-20-18(19-10-13-7-9-25-12-13)21-17(15)23(8-6-16(22)24)14-4-2-3-5-14/h7,9,11-12,14H,2-6,8,10H2,1H3,(H,19,20,21). The molecule has 2 aromatic rings. The Morgan fingerprint density at radius 2 is 2.20 bits per heavy atom. The van der Waals surface area contributed by atoms with E-state index in [1.165, 1.54) is 31.2 Å². The summed E-state index contributed by atoms with van der Waals surface area (Å²) in [7, 11) is 1.82. The fraction of sp³-hybridized carbons (Fsp3) is 0.500. The molecule has 1 saturated carbocycles. The second kappa shape index (κ2) is 7.00. The van der Waals surface area contributed by atoms with Gasteiger partial charge in [-0.15, -0.1) is 0 Å². The summed E-state index contributed by atoms with van der Waals surface area (Å²) in [6.45, 7) is 1.45. The summed E-state index contributed by atoms with van der Waals surface area (Å²) in [4.78, 5) is 25.6. The first kappa shape index (κ1) is 16.3. The molecule has 1 fully saturated rings. The SMILES string of the molecule is CN1C(=O)CCN(C2CCCC2)c2nc(NCc3ccsc3)ncc21. The highest BCUT2D eigenvalue weighted by Gasteiger charge is 2.31. The van der Waals surface area contributed by atoms with Crippen LogP contribution in [0.4, 0.5) is 17.5 Å². The van der Waals surface area contributed by atoms with Crippen molar-refractivity contribution in [2.75, 3.05) is 28.7 Å². The van der Waals surface area contributed by atoms with E-state index in [1.54, 1.807) is 22.4 Å². The van der Waals surface area contributed by atoms with Gasteiger partial charge in [0.1, 0.15) is 5.69 Å². The minimum Gasteiger partial charge on any atom is -0.351 e. The van der Waals surface area contributed by atoms with E-state index >= 15 is 0 Å². The quantitative estimate of drug-likeness (QED) is 0.910. The number of rotatable bonds is 4. The Hall–Kier alpha value is -2.15. The maximum Gasteiger partial charge on any atom is 0.228 e. The highest BCUT2D eigenvalue weighted by Crippen LogP contribution is 2.35. The monoisotopic (exact) mass is 357 g/mol. The van der Waals surface area contributed by atoms with E-state index < -0.39 is 0 Å². The molecule has 0 bridgehead atoms. The van der Waals surface area contributed by atoms with Crippen molar-refractivity contribution in [3.05, 3.63) is 28.6 Å². The number of carbonyl (C=O) groups is 1. The van der Waals surface area contributed by atoms with Crippen molar-refractivity contribution >= 4 is 34.7 Å². The molecule has 1 amide bonds. The molecule has 0 saturated heterocycles. The predicted molar refractivity (Wildman–Crippen MR) is 101 cm³/mol. The molecular weight excluding hydrogens is 334 g/mol. The molecule has 0 atom stereocenters. The molecule has 3 heterocycles. The number of amides is 1. The topological polar surface area (TPSA) is 61.4 Å². The van der Waals surface area contributed by atoms with Gasteiger partial charge in [-0.05, 0) is 35.2 Å². The zero-order valence-electron chi connectivity index (χ0n) is 14.4. The van der Waals surface area contributed by atoms with Crippen LogP contribution in [-0.2, 0) is 11.3 Å². The fourth-order valence-electron chi connectivity index (χ4n) is 3.67. The summed E-state index contributed by atoms with van der Waals surface area (Å²) < 4.78 is 0. The van der Waals surface area contributed by atoms with Crippen molar-refractivity contribution in [3.63, 3.8) is 0 Å². The lowest BCUT2D eigenvalue weighted by atomic mass is 10.2. The third-order valence-corrected chi connectivity index (χ3v) is 5.85. The van der Waals surface area contributed by atoms with Gasteiger partial charge in [0.25, 0.3) is 0 Å². The molecule has 1 N–H and O–H groups in total. The van der Waals surface area contributed by atoms with Crippen LogP contribution in [-0.4, -0.2) is 35.5 Å². The molecule has 0 radical (unpaired) electrons. The summed E-state index contributed by atoms with van der Waals surface area (Å²) in [5.41, 5.74) is 2.04. The minimum atomic E-state index is 0.129. The number of carbonyl (C=O) groups excluding carboxylic acids is 1. The van der Waals surface area contributed by atoms with Crippen molar-refractivity contribution in [1.29, 1.82) is 0 Å². The van der Waals surface area contributed by atoms with E-state index in [-0.39, 0.29) is 5.91 Å². The summed E-state index contributed by atoms with van der Waals surface area (Å²) in [6, 6.07) is 2.58. The number of hydrogen-bond donors (Lipinski definition) is 1. The normalized spacial score (nSPS) is 18.4. The zero-order valence-corrected chi connectivity index (χ0v) is 15.3. The van der Waals surface area contributed by atoms with Gasteiger partial charge in [0.15, 0.2) is 5.82 Å². The highest BCUT2D eigenvalue weighted by atomic mass is 32.1. The molecule has 0 aromatic carbocycles. The molecule has 132 valence electrons. The first-order valence-electron chi connectivity index (χ1n) is 8.87. The number of thiophene rings is 1. The second-order valence-corrected chi connectivity index (χ2v) is 7.50. The van der Waals surface area contributed by atoms with Crippen molar-refractivity contribution in [3.8, 4) is 0 Å². The Balaban J connectivity index is 1.63. The van der Waals surface area contributed by atoms with Crippen LogP contribution in [0, 0.1) is 0 Å². The number of aromatic nitrogens is 2. The Morgan fingerprint density at radius 1 is 1.36 bits per heavy atom. The van der Waals surface area contributed by atoms with Crippen molar-refractivity contribution < 1.29 is 4.79 Å². The maximum absolute atomic E-state index is 12.3. The number of nitrogens with one attached hydrogen (secondary N) is 1. The van der Waals surface area contributed by atoms with Gasteiger partial charge in [-0.2, -0.15) is 16.3 Å². The Kier molecular flexibility index (Phi) is 4.57. The molecular formula is C18H23N5OS. The first-order valence-corrected chi connectivity index (χ1v) is 9.82. The fourth-order valence-corrected chi connectivity index (χ4v) is 4.34. The van der Waals surface area contributed by atoms with Crippen molar-refractivity contribution in [2.45, 2.75) is 44.7 Å². The van der Waals surface area contributed by atoms with Crippen molar-refractivity contribution in [1.82, 2.24) is 9.97 Å². The molecule has 0 spiro atoms. The van der Waals surface area contributed by atoms with Crippen molar-refractivity contribution in [2.24, 2.45) is 0 Å². The number of hydrogen-bond acceptors (Lipinski definition) is 6. The zero-order chi connectivity index (χ0) is 17.2. The predicted octanol–water partition coefficient (Wildman–Crippen LogP) is 3.27. The number of nitrogens with zero attached hydrogens (tertiary/aromatic N) is 4. The Bertz CT molecular complexity index is 742. The van der Waals surface area contributed by atoms with Gasteiger partial charge in [0, 0.05) is 32.6 Å². The summed E-state index contributed by atoms with van der Waals surface area (Å²) in [5.74, 6) is 1.64. The van der Waals surface area contributed by atoms with Crippen LogP contribution in [0.25, 0.3) is 0 Å². The minimum absolute atomic E-state index is 0.129. The summed E-state index contributed by atoms with van der Waals surface area (Å²) in [6.07, 6.45) is 7.19. The Labute approximate surface area is 151 Å². The molecule has 0 unspecified atom stereocenters. The second-order valence-electron chi connectivity index (χ2n) is 6.72. The molecule has 2 aliphatic rings. The first-order chi connectivity index (χ1) is 12.2. The smallest absolute Gasteiger partial charge is 0.228 e. The summed E-state index contributed by atoms with van der Waals surface area (Å²) in [5, 5.41) is 7.49. The molecule has 7 heteroatoms. The van der Waals surface area contributed by atoms with Gasteiger partial charge < -0.3 is 15.1 Å². The van der Waals surface area contributed by atoms with Gasteiger partial charge in [-0.25, -0.2) is 4.98 Å². The van der Waals surface area contributed by atoms with Crippen LogP contribution in [0.2, 0.25) is 0 Å². The van der Waals surface area contributed by atoms with Gasteiger partial charge in [-0.1, -0.05) is 12.8 Å². The highest BCUT2D eigenvalue weighted by molar-refractivity contribution is 7.07. The van der Waals surface area contributed by atoms with E-state index in [4.69, 9.17) is 4.98 Å². The average Bonchev–Trinajstić information content (AvgIpc) is 3.31. The van der Waals surface area contributed by atoms with Gasteiger partial charge >= 0.3 is 0 Å². The van der Waals surface area contributed by atoms with Crippen LogP contribution in [0.15, 0.2) is 23.0 Å². The molecule has 1 aliphatic carbocycles. The molecule has 6 nitrogen and oxygen atoms in total. The summed E-state index contributed by atoms with van der Waals surface area (Å²) >= 11 is 1.68. The number of anilines is 3. The van der Waals surface area contributed by atoms with Crippen LogP contribution >= 0.6 is 11.3 Å². The molecule has 2 aromatic heterocycles. The van der Waals surface area contributed by atoms with Gasteiger partial charge in [0.2, 0.25) is 11.9 Å². The lowest BCUT2D eigenvalue weighted by molar-refractivity contribution is -0.118. The van der Waals surface area contributed by atoms with E-state index in [9.17, 15) is 4.79 Å². The lowest BCUT2D eigenvalue weighted by Crippen LogP contribution is -2.34. The van der Waals surface area contributed by atoms with E-state index in [0.717, 1.165) is 18.1 Å². The van der Waals surface area contributed by atoms with E-state index in [1.807, 2.05) is 7.05 Å². The third-order valence-electron chi connectivity index (χ3n) is 5.12. The van der Waals surface area contributed by atoms with Crippen LogP contribution in [0.3, 0.4) is 0 Å². The average molecular weight is 357 g/mol. The van der Waals surface area contributed by atoms with Crippen LogP contribution in [0.1, 0.15) is 37.7 Å². The largest absolute Gasteiger partial charge is 0.351 e. The van der Waals surface area contributed by atoms with Gasteiger partial charge in [-0.3, -0.25) is 4.79 Å². The van der Waals surface area contributed by atoms with E-state index in [2.05, 4.69) is 32.0 Å².